The summed E-state index contributed by atoms with van der Waals surface area (Å²) in [5, 5.41) is 24.6. The number of rotatable bonds is 17. The highest BCUT2D eigenvalue weighted by molar-refractivity contribution is 6.27. The summed E-state index contributed by atoms with van der Waals surface area (Å²) in [6, 6.07) is 8.41. The second-order valence-corrected chi connectivity index (χ2v) is 11.5. The second kappa shape index (κ2) is 21.3. The van der Waals surface area contributed by atoms with E-state index in [0.29, 0.717) is 13.2 Å². The molecule has 0 saturated carbocycles. The van der Waals surface area contributed by atoms with E-state index in [1.54, 1.807) is 0 Å². The molecule has 1 aromatic carbocycles. The number of benzene rings is 1. The Morgan fingerprint density at radius 3 is 2.52 bits per heavy atom. The second-order valence-electron chi connectivity index (χ2n) is 11.5. The number of aryl methyl sites for hydroxylation is 1. The van der Waals surface area contributed by atoms with Crippen molar-refractivity contribution in [1.29, 1.82) is 0 Å². The molecule has 1 aliphatic heterocycles. The Labute approximate surface area is 261 Å². The Kier molecular flexibility index (Phi) is 17.8. The van der Waals surface area contributed by atoms with Crippen molar-refractivity contribution in [3.8, 4) is 5.75 Å². The number of nitrogens with zero attached hydrogens (tertiary/aromatic N) is 3. The number of aliphatic imine (C=N–C) groups is 1. The normalized spacial score (nSPS) is 17.1. The third kappa shape index (κ3) is 13.9. The maximum Gasteiger partial charge on any atom is 0.414 e. The molecule has 11 nitrogen and oxygen atoms in total. The number of hydrogen-bond donors (Lipinski definition) is 5. The molecule has 0 radical (unpaired) electrons. The molecule has 1 aromatic heterocycles. The molecule has 2 heterocycles. The standard InChI is InChI=1S/C31H51N5O2.C2H2O4/c1-3-5-6-7-9-20-36-21-17-26(25(4-2)24-36)12-11-13-27-16-19-33-30-15-14-28(23-29(27)30)38-22-10-8-18-34-31(32)35-37;3-1(4)2(5)6/h14-16,19,23,25-26,37H,3-13,17-18,20-22,24H2,1-2H3,(H3,32,34,35);(H,3,4)(H,5,6)/t25-,26+;/m0./s1. The summed E-state index contributed by atoms with van der Waals surface area (Å²) in [5.41, 5.74) is 9.68. The summed E-state index contributed by atoms with van der Waals surface area (Å²) in [6.07, 6.45) is 16.8. The topological polar surface area (TPSA) is 171 Å². The van der Waals surface area contributed by atoms with Gasteiger partial charge in [-0.1, -0.05) is 46.0 Å². The summed E-state index contributed by atoms with van der Waals surface area (Å²) in [4.78, 5) is 29.5. The number of nitrogens with two attached hydrogens (primary N) is 1. The van der Waals surface area contributed by atoms with Crippen LogP contribution < -0.4 is 16.0 Å². The highest BCUT2D eigenvalue weighted by Crippen LogP contribution is 2.31. The molecule has 2 atom stereocenters. The van der Waals surface area contributed by atoms with Gasteiger partial charge < -0.3 is 25.6 Å². The number of hydrogen-bond acceptors (Lipinski definition) is 7. The molecule has 0 unspecified atom stereocenters. The van der Waals surface area contributed by atoms with Gasteiger partial charge in [0.05, 0.1) is 12.1 Å². The van der Waals surface area contributed by atoms with Gasteiger partial charge in [-0.25, -0.2) is 15.1 Å². The van der Waals surface area contributed by atoms with Crippen LogP contribution >= 0.6 is 0 Å². The van der Waals surface area contributed by atoms with E-state index in [9.17, 15) is 0 Å². The summed E-state index contributed by atoms with van der Waals surface area (Å²) in [5.74, 6) is -1.01. The number of likely N-dealkylation sites (tertiary alicyclic amines) is 1. The fraction of sp³-hybridized carbons (Fsp3) is 0.636. The molecule has 0 bridgehead atoms. The minimum atomic E-state index is -1.82. The van der Waals surface area contributed by atoms with Crippen LogP contribution in [0, 0.1) is 11.8 Å². The van der Waals surface area contributed by atoms with E-state index in [1.807, 2.05) is 17.7 Å². The number of fused-ring (bicyclic) bond motifs is 1. The monoisotopic (exact) mass is 615 g/mol. The minimum Gasteiger partial charge on any atom is -0.494 e. The third-order valence-corrected chi connectivity index (χ3v) is 8.30. The molecule has 44 heavy (non-hydrogen) atoms. The fourth-order valence-electron chi connectivity index (χ4n) is 5.82. The molecule has 0 amide bonds. The van der Waals surface area contributed by atoms with Crippen LogP contribution in [0.2, 0.25) is 0 Å². The molecule has 1 saturated heterocycles. The number of carbonyl (C=O) groups is 2. The maximum absolute atomic E-state index is 9.10. The number of carboxylic acid groups (broad SMARTS) is 2. The van der Waals surface area contributed by atoms with Crippen molar-refractivity contribution in [1.82, 2.24) is 15.4 Å². The molecule has 11 heteroatoms. The van der Waals surface area contributed by atoms with Crippen LogP contribution in [0.25, 0.3) is 10.9 Å². The Bertz CT molecular complexity index is 1150. The quantitative estimate of drug-likeness (QED) is 0.0504. The first-order valence-corrected chi connectivity index (χ1v) is 16.2. The molecule has 0 aliphatic carbocycles. The number of pyridine rings is 1. The summed E-state index contributed by atoms with van der Waals surface area (Å²) >= 11 is 0. The highest BCUT2D eigenvalue weighted by Gasteiger charge is 2.27. The number of nitrogens with one attached hydrogen (secondary N) is 1. The molecule has 1 aliphatic rings. The number of ether oxygens (including phenoxy) is 1. The lowest BCUT2D eigenvalue weighted by atomic mass is 9.80. The van der Waals surface area contributed by atoms with Gasteiger partial charge in [0, 0.05) is 24.7 Å². The number of aromatic nitrogens is 1. The maximum atomic E-state index is 9.10. The number of guanidine groups is 1. The summed E-state index contributed by atoms with van der Waals surface area (Å²) in [6.45, 7) is 9.74. The zero-order chi connectivity index (χ0) is 32.2. The van der Waals surface area contributed by atoms with Gasteiger partial charge in [-0.15, -0.1) is 0 Å². The first kappa shape index (κ1) is 36.8. The van der Waals surface area contributed by atoms with Crippen LogP contribution in [0.4, 0.5) is 0 Å². The fourth-order valence-corrected chi connectivity index (χ4v) is 5.82. The van der Waals surface area contributed by atoms with E-state index in [4.69, 9.17) is 35.5 Å². The average molecular weight is 616 g/mol. The van der Waals surface area contributed by atoms with Crippen LogP contribution in [-0.4, -0.2) is 76.0 Å². The Balaban J connectivity index is 0.00000102. The number of piperidine rings is 1. The van der Waals surface area contributed by atoms with Crippen LogP contribution in [-0.2, 0) is 16.0 Å². The average Bonchev–Trinajstić information content (AvgIpc) is 3.03. The van der Waals surface area contributed by atoms with E-state index in [2.05, 4.69) is 46.9 Å². The molecule has 2 aromatic rings. The predicted molar refractivity (Wildman–Crippen MR) is 173 cm³/mol. The van der Waals surface area contributed by atoms with Gasteiger partial charge >= 0.3 is 11.9 Å². The molecule has 0 spiro atoms. The van der Waals surface area contributed by atoms with Crippen molar-refractivity contribution in [2.45, 2.75) is 90.9 Å². The van der Waals surface area contributed by atoms with Gasteiger partial charge in [-0.3, -0.25) is 15.2 Å². The first-order chi connectivity index (χ1) is 21.3. The Morgan fingerprint density at radius 2 is 1.82 bits per heavy atom. The van der Waals surface area contributed by atoms with Crippen molar-refractivity contribution >= 4 is 28.8 Å². The van der Waals surface area contributed by atoms with Crippen molar-refractivity contribution in [3.05, 3.63) is 36.0 Å². The zero-order valence-electron chi connectivity index (χ0n) is 26.5. The van der Waals surface area contributed by atoms with Crippen LogP contribution in [0.5, 0.6) is 5.75 Å². The Morgan fingerprint density at radius 1 is 1.05 bits per heavy atom. The van der Waals surface area contributed by atoms with Crippen molar-refractivity contribution in [3.63, 3.8) is 0 Å². The van der Waals surface area contributed by atoms with Crippen molar-refractivity contribution < 1.29 is 29.7 Å². The van der Waals surface area contributed by atoms with Crippen molar-refractivity contribution in [2.75, 3.05) is 32.8 Å². The van der Waals surface area contributed by atoms with Gasteiger partial charge in [0.2, 0.25) is 5.96 Å². The van der Waals surface area contributed by atoms with E-state index >= 15 is 0 Å². The van der Waals surface area contributed by atoms with E-state index in [1.165, 1.54) is 88.4 Å². The summed E-state index contributed by atoms with van der Waals surface area (Å²) < 4.78 is 6.01. The lowest BCUT2D eigenvalue weighted by Gasteiger charge is -2.38. The number of hydroxylamine groups is 1. The number of carboxylic acids is 2. The van der Waals surface area contributed by atoms with Gasteiger partial charge in [-0.05, 0) is 99.7 Å². The minimum absolute atomic E-state index is 0.0457. The van der Waals surface area contributed by atoms with E-state index in [-0.39, 0.29) is 5.96 Å². The molecule has 1 fully saturated rings. The SMILES string of the molecule is CCCCCCCN1CC[C@@H](CCCc2ccnc3ccc(OCCCCN=C(N)NO)cc23)[C@@H](CC)C1.O=C(O)C(=O)O. The first-order valence-electron chi connectivity index (χ1n) is 16.2. The van der Waals surface area contributed by atoms with Crippen LogP contribution in [0.15, 0.2) is 35.5 Å². The predicted octanol–water partition coefficient (Wildman–Crippen LogP) is 5.48. The van der Waals surface area contributed by atoms with Crippen molar-refractivity contribution in [2.24, 2.45) is 22.6 Å². The number of aliphatic carboxylic acids is 2. The molecular formula is C33H53N5O6. The largest absolute Gasteiger partial charge is 0.494 e. The molecule has 3 rings (SSSR count). The van der Waals surface area contributed by atoms with Gasteiger partial charge in [-0.2, -0.15) is 0 Å². The molecule has 6 N–H and O–H groups in total. The molecule has 246 valence electrons. The van der Waals surface area contributed by atoms with Gasteiger partial charge in [0.25, 0.3) is 0 Å². The molecular weight excluding hydrogens is 562 g/mol. The smallest absolute Gasteiger partial charge is 0.414 e. The van der Waals surface area contributed by atoms with E-state index < -0.39 is 11.9 Å². The zero-order valence-corrected chi connectivity index (χ0v) is 26.5. The Hall–Kier alpha value is -3.44. The van der Waals surface area contributed by atoms with Gasteiger partial charge in [0.15, 0.2) is 0 Å². The summed E-state index contributed by atoms with van der Waals surface area (Å²) in [7, 11) is 0. The lowest BCUT2D eigenvalue weighted by molar-refractivity contribution is -0.159. The van der Waals surface area contributed by atoms with E-state index in [0.717, 1.165) is 42.4 Å². The van der Waals surface area contributed by atoms with Crippen LogP contribution in [0.3, 0.4) is 0 Å². The highest BCUT2D eigenvalue weighted by atomic mass is 16.5. The number of unbranched alkanes of at least 4 members (excludes halogenated alkanes) is 5. The van der Waals surface area contributed by atoms with Crippen LogP contribution in [0.1, 0.15) is 90.0 Å². The third-order valence-electron chi connectivity index (χ3n) is 8.30. The lowest BCUT2D eigenvalue weighted by Crippen LogP contribution is -2.40. The van der Waals surface area contributed by atoms with Gasteiger partial charge in [0.1, 0.15) is 5.75 Å².